The first kappa shape index (κ1) is 24.8. The molecule has 2 amide bonds. The fraction of sp³-hybridized carbons (Fsp3) is 0.407. The number of likely N-dealkylation sites (N-methyl/N-ethyl adjacent to an activating group) is 1. The Morgan fingerprint density at radius 2 is 1.97 bits per heavy atom. The zero-order valence-corrected chi connectivity index (χ0v) is 22.1. The Labute approximate surface area is 226 Å². The predicted octanol–water partition coefficient (Wildman–Crippen LogP) is 3.00. The molecule has 2 aliphatic heterocycles. The van der Waals surface area contributed by atoms with Gasteiger partial charge in [-0.15, -0.1) is 0 Å². The van der Waals surface area contributed by atoms with Gasteiger partial charge in [-0.3, -0.25) is 14.9 Å². The maximum Gasteiger partial charge on any atom is 0.254 e. The molecule has 3 fully saturated rings. The third-order valence-corrected chi connectivity index (χ3v) is 7.81. The second-order valence-electron chi connectivity index (χ2n) is 10.7. The van der Waals surface area contributed by atoms with Crippen molar-refractivity contribution in [1.82, 2.24) is 29.7 Å². The molecule has 3 aromatic rings. The molecule has 0 bridgehead atoms. The molecule has 0 atom stereocenters. The number of carbonyl (C=O) groups excluding carboxylic acids is 2. The molecule has 3 N–H and O–H groups in total. The summed E-state index contributed by atoms with van der Waals surface area (Å²) in [7, 11) is 2.18. The monoisotopic (exact) mass is 534 g/mol. The van der Waals surface area contributed by atoms with E-state index in [4.69, 9.17) is 16.6 Å². The average molecular weight is 535 g/mol. The number of benzene rings is 1. The second-order valence-corrected chi connectivity index (χ2v) is 11.1. The fourth-order valence-electron chi connectivity index (χ4n) is 5.12. The highest BCUT2D eigenvalue weighted by Crippen LogP contribution is 2.46. The lowest BCUT2D eigenvalue weighted by molar-refractivity contribution is -0.124. The standard InChI is InChI=1S/C27H31ClN8O2/c1-34-7-9-35(10-8-34)17-27(5-6-27)16-29-23-14-22(31-21-4-2-3-20(28)13-21)32-25-19(15-30-36(23)25)11-18-12-24(37)33-26(18)38/h2-4,11,13-15,29H,5-10,12,16-17H2,1H3,(H,31,32)(H,33,37,38)/b18-11+. The summed E-state index contributed by atoms with van der Waals surface area (Å²) in [6.45, 7) is 6.37. The van der Waals surface area contributed by atoms with Crippen molar-refractivity contribution < 1.29 is 9.59 Å². The quantitative estimate of drug-likeness (QED) is 0.299. The summed E-state index contributed by atoms with van der Waals surface area (Å²) in [6, 6.07) is 9.40. The minimum absolute atomic E-state index is 0.0521. The Hall–Kier alpha value is -3.47. The third kappa shape index (κ3) is 5.38. The van der Waals surface area contributed by atoms with E-state index in [2.05, 4.69) is 37.9 Å². The Balaban J connectivity index is 1.28. The Morgan fingerprint density at radius 1 is 1.16 bits per heavy atom. The number of halogens is 1. The van der Waals surface area contributed by atoms with Crippen molar-refractivity contribution >= 4 is 52.5 Å². The molecule has 2 saturated heterocycles. The summed E-state index contributed by atoms with van der Waals surface area (Å²) in [4.78, 5) is 33.6. The molecule has 11 heteroatoms. The molecule has 198 valence electrons. The molecule has 38 heavy (non-hydrogen) atoms. The van der Waals surface area contributed by atoms with Gasteiger partial charge in [0, 0.05) is 72.6 Å². The van der Waals surface area contributed by atoms with Gasteiger partial charge in [0.25, 0.3) is 5.91 Å². The molecular formula is C27H31ClN8O2. The van der Waals surface area contributed by atoms with Gasteiger partial charge in [-0.25, -0.2) is 4.98 Å². The first-order valence-corrected chi connectivity index (χ1v) is 13.3. The SMILES string of the molecule is CN1CCN(CC2(CNc3cc(Nc4cccc(Cl)c4)nc4c(/C=C5\CC(=O)NC5=O)cnn34)CC2)CC1. The van der Waals surface area contributed by atoms with Crippen LogP contribution < -0.4 is 16.0 Å². The third-order valence-electron chi connectivity index (χ3n) is 7.58. The van der Waals surface area contributed by atoms with Crippen molar-refractivity contribution in [3.05, 3.63) is 52.7 Å². The number of fused-ring (bicyclic) bond motifs is 1. The maximum absolute atomic E-state index is 12.2. The number of aromatic nitrogens is 3. The van der Waals surface area contributed by atoms with Crippen LogP contribution in [0.3, 0.4) is 0 Å². The van der Waals surface area contributed by atoms with E-state index in [0.29, 0.717) is 27.6 Å². The highest BCUT2D eigenvalue weighted by atomic mass is 35.5. The molecule has 4 heterocycles. The van der Waals surface area contributed by atoms with Gasteiger partial charge < -0.3 is 20.4 Å². The van der Waals surface area contributed by atoms with E-state index in [9.17, 15) is 9.59 Å². The van der Waals surface area contributed by atoms with Crippen molar-refractivity contribution in [1.29, 1.82) is 0 Å². The molecule has 1 saturated carbocycles. The Bertz CT molecular complexity index is 1420. The number of hydrogen-bond acceptors (Lipinski definition) is 8. The number of piperazine rings is 1. The van der Waals surface area contributed by atoms with Crippen LogP contribution in [0.1, 0.15) is 24.8 Å². The van der Waals surface area contributed by atoms with E-state index in [1.54, 1.807) is 16.8 Å². The number of carbonyl (C=O) groups is 2. The van der Waals surface area contributed by atoms with Gasteiger partial charge in [-0.1, -0.05) is 17.7 Å². The number of nitrogens with one attached hydrogen (secondary N) is 3. The van der Waals surface area contributed by atoms with Crippen molar-refractivity contribution in [2.24, 2.45) is 5.41 Å². The van der Waals surface area contributed by atoms with Gasteiger partial charge in [-0.05, 0) is 44.2 Å². The molecule has 1 aliphatic carbocycles. The first-order chi connectivity index (χ1) is 18.4. The number of anilines is 3. The summed E-state index contributed by atoms with van der Waals surface area (Å²) in [5.74, 6) is 0.756. The van der Waals surface area contributed by atoms with Crippen LogP contribution in [0.25, 0.3) is 11.7 Å². The molecule has 2 aromatic heterocycles. The smallest absolute Gasteiger partial charge is 0.254 e. The van der Waals surface area contributed by atoms with Gasteiger partial charge in [-0.2, -0.15) is 9.61 Å². The molecule has 0 unspecified atom stereocenters. The molecule has 1 aromatic carbocycles. The molecule has 10 nitrogen and oxygen atoms in total. The molecule has 0 spiro atoms. The van der Waals surface area contributed by atoms with Crippen molar-refractivity contribution in [2.75, 3.05) is 56.9 Å². The lowest BCUT2D eigenvalue weighted by Gasteiger charge is -2.35. The number of hydrogen-bond donors (Lipinski definition) is 3. The van der Waals surface area contributed by atoms with Crippen LogP contribution in [0.2, 0.25) is 5.02 Å². The normalized spacial score (nSPS) is 20.7. The summed E-state index contributed by atoms with van der Waals surface area (Å²) in [6.07, 6.45) is 5.83. The van der Waals surface area contributed by atoms with Crippen LogP contribution >= 0.6 is 11.6 Å². The average Bonchev–Trinajstić information content (AvgIpc) is 3.41. The van der Waals surface area contributed by atoms with Crippen molar-refractivity contribution in [3.63, 3.8) is 0 Å². The topological polar surface area (TPSA) is 107 Å². The van der Waals surface area contributed by atoms with Gasteiger partial charge in [0.15, 0.2) is 5.65 Å². The van der Waals surface area contributed by atoms with Gasteiger partial charge in [0.05, 0.1) is 12.6 Å². The molecular weight excluding hydrogens is 504 g/mol. The minimum Gasteiger partial charge on any atom is -0.369 e. The number of amides is 2. The van der Waals surface area contributed by atoms with E-state index < -0.39 is 0 Å². The van der Waals surface area contributed by atoms with Gasteiger partial charge in [0.2, 0.25) is 5.91 Å². The van der Waals surface area contributed by atoms with Crippen LogP contribution in [0.4, 0.5) is 17.3 Å². The number of nitrogens with zero attached hydrogens (tertiary/aromatic N) is 5. The van der Waals surface area contributed by atoms with Crippen molar-refractivity contribution in [2.45, 2.75) is 19.3 Å². The predicted molar refractivity (Wildman–Crippen MR) is 148 cm³/mol. The lowest BCUT2D eigenvalue weighted by Crippen LogP contribution is -2.47. The van der Waals surface area contributed by atoms with Crippen LogP contribution in [0.15, 0.2) is 42.1 Å². The van der Waals surface area contributed by atoms with Crippen LogP contribution in [-0.4, -0.2) is 82.5 Å². The number of imide groups is 1. The highest BCUT2D eigenvalue weighted by molar-refractivity contribution is 6.30. The fourth-order valence-corrected chi connectivity index (χ4v) is 5.31. The van der Waals surface area contributed by atoms with Gasteiger partial charge in [0.1, 0.15) is 11.6 Å². The van der Waals surface area contributed by atoms with Crippen molar-refractivity contribution in [3.8, 4) is 0 Å². The van der Waals surface area contributed by atoms with E-state index in [-0.39, 0.29) is 23.7 Å². The second kappa shape index (κ2) is 10.0. The molecule has 6 rings (SSSR count). The van der Waals surface area contributed by atoms with Crippen LogP contribution in [-0.2, 0) is 9.59 Å². The zero-order chi connectivity index (χ0) is 26.3. The minimum atomic E-state index is -0.375. The largest absolute Gasteiger partial charge is 0.369 e. The summed E-state index contributed by atoms with van der Waals surface area (Å²) in [5.41, 5.74) is 2.73. The van der Waals surface area contributed by atoms with Crippen LogP contribution in [0, 0.1) is 5.41 Å². The maximum atomic E-state index is 12.2. The number of rotatable bonds is 8. The van der Waals surface area contributed by atoms with E-state index in [1.165, 1.54) is 12.8 Å². The highest BCUT2D eigenvalue weighted by Gasteiger charge is 2.44. The first-order valence-electron chi connectivity index (χ1n) is 13.0. The summed E-state index contributed by atoms with van der Waals surface area (Å²) < 4.78 is 1.76. The van der Waals surface area contributed by atoms with E-state index in [0.717, 1.165) is 50.8 Å². The summed E-state index contributed by atoms with van der Waals surface area (Å²) in [5, 5.41) is 14.5. The summed E-state index contributed by atoms with van der Waals surface area (Å²) >= 11 is 6.19. The Morgan fingerprint density at radius 3 is 2.68 bits per heavy atom. The molecule has 0 radical (unpaired) electrons. The molecule has 3 aliphatic rings. The Kier molecular flexibility index (Phi) is 6.55. The van der Waals surface area contributed by atoms with E-state index >= 15 is 0 Å². The lowest BCUT2D eigenvalue weighted by atomic mass is 10.1. The zero-order valence-electron chi connectivity index (χ0n) is 21.3. The van der Waals surface area contributed by atoms with Crippen LogP contribution in [0.5, 0.6) is 0 Å². The van der Waals surface area contributed by atoms with Gasteiger partial charge >= 0.3 is 0 Å². The van der Waals surface area contributed by atoms with E-state index in [1.807, 2.05) is 30.3 Å².